The molecule has 2 aliphatic rings. The molecule has 0 bridgehead atoms. The van der Waals surface area contributed by atoms with Crippen LogP contribution in [0.4, 0.5) is 4.79 Å². The summed E-state index contributed by atoms with van der Waals surface area (Å²) in [6.45, 7) is 6.71. The molecule has 0 spiro atoms. The first-order valence-corrected chi connectivity index (χ1v) is 10.7. The molecule has 0 atom stereocenters. The van der Waals surface area contributed by atoms with E-state index in [-0.39, 0.29) is 17.6 Å². The third-order valence-electron chi connectivity index (χ3n) is 5.70. The number of rotatable bonds is 3. The Morgan fingerprint density at radius 3 is 2.58 bits per heavy atom. The molecule has 0 aromatic carbocycles. The predicted molar refractivity (Wildman–Crippen MR) is 111 cm³/mol. The van der Waals surface area contributed by atoms with E-state index < -0.39 is 5.60 Å². The summed E-state index contributed by atoms with van der Waals surface area (Å²) in [4.78, 5) is 29.4. The molecule has 0 radical (unpaired) electrons. The highest BCUT2D eigenvalue weighted by molar-refractivity contribution is 5.71. The number of hydrogen-bond donors (Lipinski definition) is 1. The monoisotopic (exact) mass is 426 g/mol. The van der Waals surface area contributed by atoms with Crippen LogP contribution in [-0.4, -0.2) is 54.5 Å². The van der Waals surface area contributed by atoms with Crippen molar-refractivity contribution in [2.75, 3.05) is 13.1 Å². The zero-order chi connectivity index (χ0) is 21.8. The van der Waals surface area contributed by atoms with Gasteiger partial charge in [-0.1, -0.05) is 0 Å². The van der Waals surface area contributed by atoms with Gasteiger partial charge in [0.05, 0.1) is 11.9 Å². The van der Waals surface area contributed by atoms with Crippen LogP contribution in [-0.2, 0) is 4.74 Å². The molecule has 3 aromatic heterocycles. The van der Waals surface area contributed by atoms with E-state index >= 15 is 0 Å². The zero-order valence-electron chi connectivity index (χ0n) is 17.9. The summed E-state index contributed by atoms with van der Waals surface area (Å²) < 4.78 is 13.0. The third-order valence-corrected chi connectivity index (χ3v) is 5.70. The van der Waals surface area contributed by atoms with E-state index in [9.17, 15) is 9.59 Å². The maximum atomic E-state index is 12.4. The second-order valence-electron chi connectivity index (χ2n) is 9.34. The predicted octanol–water partition coefficient (Wildman–Crippen LogP) is 3.06. The second kappa shape index (κ2) is 7.21. The van der Waals surface area contributed by atoms with E-state index in [2.05, 4.69) is 20.3 Å². The molecule has 164 valence electrons. The molecule has 10 heteroatoms. The molecule has 2 fully saturated rings. The van der Waals surface area contributed by atoms with E-state index in [4.69, 9.17) is 9.15 Å². The lowest BCUT2D eigenvalue weighted by atomic mass is 9.93. The Kier molecular flexibility index (Phi) is 4.60. The molecule has 5 rings (SSSR count). The number of carbonyl (C=O) groups excluding carboxylic acids is 1. The Bertz CT molecular complexity index is 1170. The molecule has 3 aromatic rings. The van der Waals surface area contributed by atoms with Crippen LogP contribution in [0.15, 0.2) is 21.5 Å². The summed E-state index contributed by atoms with van der Waals surface area (Å²) in [6, 6.07) is 1.58. The van der Waals surface area contributed by atoms with Crippen LogP contribution >= 0.6 is 0 Å². The highest BCUT2D eigenvalue weighted by Crippen LogP contribution is 2.40. The van der Waals surface area contributed by atoms with Gasteiger partial charge in [-0.15, -0.1) is 10.2 Å². The summed E-state index contributed by atoms with van der Waals surface area (Å²) in [5.74, 6) is 1.46. The van der Waals surface area contributed by atoms with Gasteiger partial charge < -0.3 is 19.0 Å². The molecular weight excluding hydrogens is 400 g/mol. The second-order valence-corrected chi connectivity index (χ2v) is 9.34. The van der Waals surface area contributed by atoms with E-state index in [1.54, 1.807) is 21.7 Å². The van der Waals surface area contributed by atoms with E-state index in [0.29, 0.717) is 42.0 Å². The summed E-state index contributed by atoms with van der Waals surface area (Å²) in [6.07, 6.45) is 4.93. The van der Waals surface area contributed by atoms with Crippen molar-refractivity contribution >= 4 is 11.7 Å². The zero-order valence-corrected chi connectivity index (χ0v) is 17.9. The van der Waals surface area contributed by atoms with E-state index in [0.717, 1.165) is 31.4 Å². The Balaban J connectivity index is 1.39. The van der Waals surface area contributed by atoms with Gasteiger partial charge in [0, 0.05) is 31.0 Å². The number of likely N-dealkylation sites (tertiary alicyclic amines) is 1. The Morgan fingerprint density at radius 1 is 1.16 bits per heavy atom. The van der Waals surface area contributed by atoms with Crippen molar-refractivity contribution in [2.24, 2.45) is 0 Å². The van der Waals surface area contributed by atoms with Gasteiger partial charge in [0.2, 0.25) is 5.89 Å². The molecule has 10 nitrogen and oxygen atoms in total. The number of H-pyrrole nitrogens is 1. The van der Waals surface area contributed by atoms with Crippen molar-refractivity contribution in [1.82, 2.24) is 29.7 Å². The molecule has 1 N–H and O–H groups in total. The van der Waals surface area contributed by atoms with Gasteiger partial charge in [-0.05, 0) is 46.5 Å². The van der Waals surface area contributed by atoms with Crippen molar-refractivity contribution in [3.63, 3.8) is 0 Å². The van der Waals surface area contributed by atoms with Gasteiger partial charge in [0.1, 0.15) is 16.8 Å². The fraction of sp³-hybridized carbons (Fsp3) is 0.571. The molecule has 31 heavy (non-hydrogen) atoms. The van der Waals surface area contributed by atoms with Gasteiger partial charge in [-0.2, -0.15) is 5.10 Å². The van der Waals surface area contributed by atoms with Crippen LogP contribution < -0.4 is 5.56 Å². The van der Waals surface area contributed by atoms with Crippen LogP contribution in [0.5, 0.6) is 0 Å². The Hall–Kier alpha value is -3.17. The van der Waals surface area contributed by atoms with Crippen LogP contribution in [0.25, 0.3) is 17.1 Å². The third kappa shape index (κ3) is 3.94. The molecule has 4 heterocycles. The lowest BCUT2D eigenvalue weighted by Gasteiger charge is -2.33. The van der Waals surface area contributed by atoms with Crippen molar-refractivity contribution in [3.8, 4) is 11.5 Å². The van der Waals surface area contributed by atoms with Crippen molar-refractivity contribution in [2.45, 2.75) is 63.9 Å². The summed E-state index contributed by atoms with van der Waals surface area (Å²) in [7, 11) is 0. The van der Waals surface area contributed by atoms with Crippen LogP contribution in [0, 0.1) is 0 Å². The van der Waals surface area contributed by atoms with Gasteiger partial charge in [-0.3, -0.25) is 4.79 Å². The molecular formula is C21H26N6O4. The number of amides is 1. The molecule has 1 aliphatic heterocycles. The molecule has 1 amide bonds. The summed E-state index contributed by atoms with van der Waals surface area (Å²) in [5, 5.41) is 12.8. The number of hydrogen-bond acceptors (Lipinski definition) is 7. The first kappa shape index (κ1) is 19.8. The molecule has 1 aliphatic carbocycles. The van der Waals surface area contributed by atoms with Crippen molar-refractivity contribution in [1.29, 1.82) is 0 Å². The SMILES string of the molecule is CC(C)(C)OC(=O)N1CCC(c2cc(=O)[nH]c3c(-c4nnc(C5CC5)o4)cnn23)CC1. The topological polar surface area (TPSA) is 119 Å². The number of piperidine rings is 1. The number of carbonyl (C=O) groups is 1. The molecule has 1 saturated carbocycles. The fourth-order valence-corrected chi connectivity index (χ4v) is 3.98. The number of aromatic nitrogens is 5. The van der Waals surface area contributed by atoms with Crippen molar-refractivity contribution in [3.05, 3.63) is 34.2 Å². The fourth-order valence-electron chi connectivity index (χ4n) is 3.98. The number of nitrogens with zero attached hydrogens (tertiary/aromatic N) is 5. The highest BCUT2D eigenvalue weighted by atomic mass is 16.6. The average Bonchev–Trinajstić information content (AvgIpc) is 3.29. The maximum absolute atomic E-state index is 12.4. The van der Waals surface area contributed by atoms with Crippen molar-refractivity contribution < 1.29 is 13.9 Å². The standard InChI is InChI=1S/C21H26N6O4/c1-21(2,3)31-20(29)26-8-6-12(7-9-26)15-10-16(28)23-17-14(11-22-27(15)17)19-25-24-18(30-19)13-4-5-13/h10-13H,4-9H2,1-3H3,(H,23,28). The normalized spacial score (nSPS) is 18.0. The largest absolute Gasteiger partial charge is 0.444 e. The van der Waals surface area contributed by atoms with E-state index in [1.807, 2.05) is 20.8 Å². The lowest BCUT2D eigenvalue weighted by Crippen LogP contribution is -2.41. The van der Waals surface area contributed by atoms with E-state index in [1.165, 1.54) is 0 Å². The van der Waals surface area contributed by atoms with Gasteiger partial charge in [-0.25, -0.2) is 9.31 Å². The van der Waals surface area contributed by atoms with Crippen LogP contribution in [0.2, 0.25) is 0 Å². The smallest absolute Gasteiger partial charge is 0.410 e. The highest BCUT2D eigenvalue weighted by Gasteiger charge is 2.31. The Labute approximate surface area is 178 Å². The number of fused-ring (bicyclic) bond motifs is 1. The summed E-state index contributed by atoms with van der Waals surface area (Å²) >= 11 is 0. The Morgan fingerprint density at radius 2 is 1.90 bits per heavy atom. The quantitative estimate of drug-likeness (QED) is 0.683. The maximum Gasteiger partial charge on any atom is 0.410 e. The van der Waals surface area contributed by atoms with Crippen LogP contribution in [0.3, 0.4) is 0 Å². The average molecular weight is 426 g/mol. The van der Waals surface area contributed by atoms with Gasteiger partial charge in [0.25, 0.3) is 11.4 Å². The number of nitrogens with one attached hydrogen (secondary N) is 1. The minimum atomic E-state index is -0.521. The molecule has 1 saturated heterocycles. The summed E-state index contributed by atoms with van der Waals surface area (Å²) in [5.41, 5.74) is 1.25. The number of ether oxygens (including phenoxy) is 1. The van der Waals surface area contributed by atoms with Gasteiger partial charge in [0.15, 0.2) is 0 Å². The lowest BCUT2D eigenvalue weighted by molar-refractivity contribution is 0.0203. The molecule has 0 unspecified atom stereocenters. The first-order valence-electron chi connectivity index (χ1n) is 10.7. The first-order chi connectivity index (χ1) is 14.8. The minimum absolute atomic E-state index is 0.0981. The van der Waals surface area contributed by atoms with Gasteiger partial charge >= 0.3 is 6.09 Å². The minimum Gasteiger partial charge on any atom is -0.444 e. The number of aromatic amines is 1. The van der Waals surface area contributed by atoms with Crippen LogP contribution in [0.1, 0.15) is 69.9 Å².